The van der Waals surface area contributed by atoms with Gasteiger partial charge in [0.15, 0.2) is 11.5 Å². The van der Waals surface area contributed by atoms with Crippen LogP contribution in [0.2, 0.25) is 5.02 Å². The molecule has 0 aliphatic carbocycles. The van der Waals surface area contributed by atoms with Crippen LogP contribution in [0.4, 0.5) is 0 Å². The molecule has 1 fully saturated rings. The maximum atomic E-state index is 12.1. The van der Waals surface area contributed by atoms with E-state index in [2.05, 4.69) is 15.5 Å². The summed E-state index contributed by atoms with van der Waals surface area (Å²) in [5.41, 5.74) is 0.490. The van der Waals surface area contributed by atoms with Crippen molar-refractivity contribution in [3.63, 3.8) is 0 Å². The highest BCUT2D eigenvalue weighted by Crippen LogP contribution is 2.39. The maximum absolute atomic E-state index is 12.1. The van der Waals surface area contributed by atoms with Crippen LogP contribution in [-0.2, 0) is 0 Å². The summed E-state index contributed by atoms with van der Waals surface area (Å²) in [7, 11) is 0. The van der Waals surface area contributed by atoms with E-state index in [-0.39, 0.29) is 12.7 Å². The molecule has 6 nitrogen and oxygen atoms in total. The summed E-state index contributed by atoms with van der Waals surface area (Å²) >= 11 is 6.07. The highest BCUT2D eigenvalue weighted by molar-refractivity contribution is 6.32. The third kappa shape index (κ3) is 3.40. The van der Waals surface area contributed by atoms with Gasteiger partial charge in [-0.1, -0.05) is 11.6 Å². The lowest BCUT2D eigenvalue weighted by molar-refractivity contribution is 0.0947. The number of carbonyl (C=O) groups is 1. The fourth-order valence-corrected chi connectivity index (χ4v) is 2.73. The first-order chi connectivity index (χ1) is 10.2. The van der Waals surface area contributed by atoms with Crippen LogP contribution < -0.4 is 20.1 Å². The fraction of sp³-hybridized carbons (Fsp3) is 0.500. The van der Waals surface area contributed by atoms with Gasteiger partial charge in [-0.25, -0.2) is 0 Å². The molecule has 7 heteroatoms. The second-order valence-corrected chi connectivity index (χ2v) is 5.45. The van der Waals surface area contributed by atoms with Crippen molar-refractivity contribution in [1.29, 1.82) is 0 Å². The quantitative estimate of drug-likeness (QED) is 0.857. The van der Waals surface area contributed by atoms with Crippen LogP contribution in [0.25, 0.3) is 0 Å². The zero-order valence-corrected chi connectivity index (χ0v) is 12.4. The Morgan fingerprint density at radius 3 is 2.95 bits per heavy atom. The third-order valence-corrected chi connectivity index (χ3v) is 3.89. The number of benzene rings is 1. The molecule has 21 heavy (non-hydrogen) atoms. The van der Waals surface area contributed by atoms with Gasteiger partial charge in [0, 0.05) is 44.8 Å². The summed E-state index contributed by atoms with van der Waals surface area (Å²) in [5, 5.41) is 6.61. The van der Waals surface area contributed by atoms with E-state index in [1.54, 1.807) is 12.1 Å². The number of carbonyl (C=O) groups excluding carboxylic acids is 1. The number of hydrogen-bond acceptors (Lipinski definition) is 5. The first-order valence-electron chi connectivity index (χ1n) is 7.04. The van der Waals surface area contributed by atoms with Crippen LogP contribution in [-0.4, -0.2) is 56.9 Å². The zero-order valence-electron chi connectivity index (χ0n) is 11.7. The monoisotopic (exact) mass is 311 g/mol. The third-order valence-electron chi connectivity index (χ3n) is 3.61. The number of rotatable bonds is 4. The summed E-state index contributed by atoms with van der Waals surface area (Å²) in [6, 6.07) is 3.27. The molecule has 1 saturated heterocycles. The van der Waals surface area contributed by atoms with Crippen molar-refractivity contribution in [2.75, 3.05) is 46.1 Å². The molecule has 2 aliphatic rings. The molecule has 114 valence electrons. The number of hydrogen-bond donors (Lipinski definition) is 2. The van der Waals surface area contributed by atoms with Crippen LogP contribution in [0.15, 0.2) is 12.1 Å². The van der Waals surface area contributed by atoms with Gasteiger partial charge >= 0.3 is 0 Å². The molecule has 1 amide bonds. The summed E-state index contributed by atoms with van der Waals surface area (Å²) < 4.78 is 10.5. The topological polar surface area (TPSA) is 62.8 Å². The summed E-state index contributed by atoms with van der Waals surface area (Å²) in [5.74, 6) is 0.883. The van der Waals surface area contributed by atoms with Crippen molar-refractivity contribution in [2.45, 2.75) is 0 Å². The highest BCUT2D eigenvalue weighted by Gasteiger charge is 2.20. The first kappa shape index (κ1) is 14.4. The Morgan fingerprint density at radius 1 is 1.33 bits per heavy atom. The first-order valence-corrected chi connectivity index (χ1v) is 7.42. The molecule has 1 aromatic rings. The Kier molecular flexibility index (Phi) is 4.48. The minimum atomic E-state index is -0.148. The molecule has 2 aliphatic heterocycles. The van der Waals surface area contributed by atoms with Crippen LogP contribution in [0.3, 0.4) is 0 Å². The summed E-state index contributed by atoms with van der Waals surface area (Å²) in [6.45, 7) is 5.66. The Morgan fingerprint density at radius 2 is 2.14 bits per heavy atom. The molecule has 2 heterocycles. The standard InChI is InChI=1S/C14H18ClN3O3/c15-11-7-10(8-12-13(11)21-9-20-12)14(19)17-3-6-18-4-1-16-2-5-18/h7-8,16H,1-6,9H2,(H,17,19). The van der Waals surface area contributed by atoms with Crippen molar-refractivity contribution < 1.29 is 14.3 Å². The van der Waals surface area contributed by atoms with Crippen LogP contribution >= 0.6 is 11.6 Å². The fourth-order valence-electron chi connectivity index (χ4n) is 2.46. The highest BCUT2D eigenvalue weighted by atomic mass is 35.5. The van der Waals surface area contributed by atoms with Gasteiger partial charge in [0.25, 0.3) is 5.91 Å². The van der Waals surface area contributed by atoms with Crippen molar-refractivity contribution >= 4 is 17.5 Å². The van der Waals surface area contributed by atoms with E-state index in [0.717, 1.165) is 32.7 Å². The summed E-state index contributed by atoms with van der Waals surface area (Å²) in [6.07, 6.45) is 0. The minimum Gasteiger partial charge on any atom is -0.454 e. The molecular formula is C14H18ClN3O3. The van der Waals surface area contributed by atoms with Gasteiger partial charge in [0.2, 0.25) is 6.79 Å². The molecule has 2 N–H and O–H groups in total. The lowest BCUT2D eigenvalue weighted by Gasteiger charge is -2.27. The molecule has 1 aromatic carbocycles. The Bertz CT molecular complexity index is 532. The molecule has 3 rings (SSSR count). The minimum absolute atomic E-state index is 0.142. The Labute approximate surface area is 128 Å². The SMILES string of the molecule is O=C(NCCN1CCNCC1)c1cc(Cl)c2c(c1)OCO2. The van der Waals surface area contributed by atoms with Crippen molar-refractivity contribution in [1.82, 2.24) is 15.5 Å². The van der Waals surface area contributed by atoms with Crippen LogP contribution in [0, 0.1) is 0 Å². The summed E-state index contributed by atoms with van der Waals surface area (Å²) in [4.78, 5) is 14.5. The van der Waals surface area contributed by atoms with E-state index >= 15 is 0 Å². The molecule has 0 atom stereocenters. The lowest BCUT2D eigenvalue weighted by atomic mass is 10.2. The maximum Gasteiger partial charge on any atom is 0.251 e. The van der Waals surface area contributed by atoms with Gasteiger partial charge in [0.1, 0.15) is 0 Å². The van der Waals surface area contributed by atoms with Gasteiger partial charge in [-0.3, -0.25) is 9.69 Å². The number of ether oxygens (including phenoxy) is 2. The van der Waals surface area contributed by atoms with Crippen LogP contribution in [0.1, 0.15) is 10.4 Å². The normalized spacial score (nSPS) is 17.8. The van der Waals surface area contributed by atoms with Gasteiger partial charge in [0.05, 0.1) is 5.02 Å². The van der Waals surface area contributed by atoms with Gasteiger partial charge in [-0.05, 0) is 12.1 Å². The van der Waals surface area contributed by atoms with E-state index < -0.39 is 0 Å². The largest absolute Gasteiger partial charge is 0.454 e. The van der Waals surface area contributed by atoms with Crippen molar-refractivity contribution in [2.24, 2.45) is 0 Å². The van der Waals surface area contributed by atoms with Crippen molar-refractivity contribution in [3.05, 3.63) is 22.7 Å². The molecule has 0 spiro atoms. The molecule has 0 aromatic heterocycles. The smallest absolute Gasteiger partial charge is 0.251 e. The molecule has 0 unspecified atom stereocenters. The second kappa shape index (κ2) is 6.51. The number of fused-ring (bicyclic) bond motifs is 1. The van der Waals surface area contributed by atoms with Gasteiger partial charge in [-0.15, -0.1) is 0 Å². The van der Waals surface area contributed by atoms with E-state index in [1.807, 2.05) is 0 Å². The average Bonchev–Trinajstić information content (AvgIpc) is 2.97. The Hall–Kier alpha value is -1.50. The van der Waals surface area contributed by atoms with E-state index in [9.17, 15) is 4.79 Å². The van der Waals surface area contributed by atoms with Crippen LogP contribution in [0.5, 0.6) is 11.5 Å². The second-order valence-electron chi connectivity index (χ2n) is 5.04. The molecule has 0 saturated carbocycles. The van der Waals surface area contributed by atoms with Gasteiger partial charge < -0.3 is 20.1 Å². The lowest BCUT2D eigenvalue weighted by Crippen LogP contribution is -2.46. The van der Waals surface area contributed by atoms with E-state index in [4.69, 9.17) is 21.1 Å². The average molecular weight is 312 g/mol. The number of amides is 1. The van der Waals surface area contributed by atoms with E-state index in [0.29, 0.717) is 28.6 Å². The number of halogens is 1. The zero-order chi connectivity index (χ0) is 14.7. The molecular weight excluding hydrogens is 294 g/mol. The predicted molar refractivity (Wildman–Crippen MR) is 79.2 cm³/mol. The van der Waals surface area contributed by atoms with Crippen molar-refractivity contribution in [3.8, 4) is 11.5 Å². The molecule has 0 radical (unpaired) electrons. The molecule has 0 bridgehead atoms. The Balaban J connectivity index is 1.54. The number of nitrogens with zero attached hydrogens (tertiary/aromatic N) is 1. The predicted octanol–water partition coefficient (Wildman–Crippen LogP) is 0.704. The van der Waals surface area contributed by atoms with E-state index in [1.165, 1.54) is 0 Å². The van der Waals surface area contributed by atoms with Gasteiger partial charge in [-0.2, -0.15) is 0 Å². The number of piperazine rings is 1. The number of nitrogens with one attached hydrogen (secondary N) is 2.